The van der Waals surface area contributed by atoms with Crippen LogP contribution in [-0.4, -0.2) is 34.0 Å². The molecule has 0 spiro atoms. The molecule has 0 saturated heterocycles. The quantitative estimate of drug-likeness (QED) is 0.660. The average molecular weight is 300 g/mol. The van der Waals surface area contributed by atoms with Gasteiger partial charge in [-0.15, -0.1) is 0 Å². The molecule has 0 aliphatic heterocycles. The summed E-state index contributed by atoms with van der Waals surface area (Å²) in [7, 11) is 1.39. The molecule has 0 heterocycles. The Kier molecular flexibility index (Phi) is 3.11. The molecular formula is C16H12O6. The number of ether oxygens (including phenoxy) is 1. The summed E-state index contributed by atoms with van der Waals surface area (Å²) in [5.41, 5.74) is 0.355. The number of phenolic OH excluding ortho intramolecular Hbond substituents is 2. The summed E-state index contributed by atoms with van der Waals surface area (Å²) in [4.78, 5) is 25.1. The van der Waals surface area contributed by atoms with Crippen molar-refractivity contribution in [2.75, 3.05) is 7.11 Å². The van der Waals surface area contributed by atoms with Crippen molar-refractivity contribution < 1.29 is 29.6 Å². The van der Waals surface area contributed by atoms with E-state index in [-0.39, 0.29) is 40.4 Å². The van der Waals surface area contributed by atoms with Gasteiger partial charge in [-0.1, -0.05) is 0 Å². The lowest BCUT2D eigenvalue weighted by Crippen LogP contribution is -2.21. The minimum Gasteiger partial charge on any atom is -0.508 e. The van der Waals surface area contributed by atoms with E-state index in [9.17, 15) is 24.9 Å². The summed E-state index contributed by atoms with van der Waals surface area (Å²) in [5.74, 6) is -1.52. The molecule has 0 aromatic heterocycles. The van der Waals surface area contributed by atoms with Gasteiger partial charge < -0.3 is 20.1 Å². The van der Waals surface area contributed by atoms with Gasteiger partial charge in [0.25, 0.3) is 0 Å². The summed E-state index contributed by atoms with van der Waals surface area (Å²) in [6.45, 7) is -0.351. The number of aromatic hydroxyl groups is 2. The summed E-state index contributed by atoms with van der Waals surface area (Å²) >= 11 is 0. The minimum absolute atomic E-state index is 0.0657. The second kappa shape index (κ2) is 4.85. The summed E-state index contributed by atoms with van der Waals surface area (Å²) in [6, 6.07) is 4.91. The Labute approximate surface area is 125 Å². The van der Waals surface area contributed by atoms with Crippen molar-refractivity contribution in [3.8, 4) is 17.2 Å². The molecule has 3 rings (SSSR count). The second-order valence-electron chi connectivity index (χ2n) is 4.91. The van der Waals surface area contributed by atoms with Crippen LogP contribution in [0.2, 0.25) is 0 Å². The van der Waals surface area contributed by atoms with Crippen molar-refractivity contribution in [1.82, 2.24) is 0 Å². The van der Waals surface area contributed by atoms with Crippen molar-refractivity contribution in [3.63, 3.8) is 0 Å². The first-order valence-electron chi connectivity index (χ1n) is 6.45. The maximum Gasteiger partial charge on any atom is 0.198 e. The van der Waals surface area contributed by atoms with Gasteiger partial charge in [-0.2, -0.15) is 0 Å². The van der Waals surface area contributed by atoms with Crippen LogP contribution in [0.4, 0.5) is 0 Å². The largest absolute Gasteiger partial charge is 0.508 e. The third-order valence-corrected chi connectivity index (χ3v) is 3.65. The molecular weight excluding hydrogens is 288 g/mol. The van der Waals surface area contributed by atoms with E-state index in [2.05, 4.69) is 0 Å². The number of hydrogen-bond acceptors (Lipinski definition) is 6. The Hall–Kier alpha value is -2.86. The van der Waals surface area contributed by atoms with Crippen molar-refractivity contribution in [3.05, 3.63) is 52.1 Å². The van der Waals surface area contributed by atoms with Gasteiger partial charge in [-0.05, 0) is 18.2 Å². The molecule has 22 heavy (non-hydrogen) atoms. The first kappa shape index (κ1) is 14.1. The van der Waals surface area contributed by atoms with E-state index < -0.39 is 17.3 Å². The molecule has 0 atom stereocenters. The molecule has 0 radical (unpaired) electrons. The van der Waals surface area contributed by atoms with Crippen LogP contribution in [0.3, 0.4) is 0 Å². The number of phenols is 2. The van der Waals surface area contributed by atoms with Crippen LogP contribution in [0.5, 0.6) is 17.2 Å². The number of rotatable bonds is 2. The highest BCUT2D eigenvalue weighted by Gasteiger charge is 2.33. The molecule has 1 aliphatic carbocycles. The first-order chi connectivity index (χ1) is 10.5. The monoisotopic (exact) mass is 300 g/mol. The van der Waals surface area contributed by atoms with E-state index in [0.29, 0.717) is 5.56 Å². The first-order valence-corrected chi connectivity index (χ1v) is 6.45. The predicted octanol–water partition coefficient (Wildman–Crippen LogP) is 1.37. The number of aliphatic hydroxyl groups is 1. The van der Waals surface area contributed by atoms with Crippen molar-refractivity contribution in [2.24, 2.45) is 0 Å². The second-order valence-corrected chi connectivity index (χ2v) is 4.91. The minimum atomic E-state index is -0.537. The van der Waals surface area contributed by atoms with Gasteiger partial charge >= 0.3 is 0 Å². The molecule has 3 N–H and O–H groups in total. The third-order valence-electron chi connectivity index (χ3n) is 3.65. The SMILES string of the molecule is COc1cc2c(cc1CO)C(=O)c1cc(O)cc(O)c1C2=O. The van der Waals surface area contributed by atoms with E-state index in [4.69, 9.17) is 4.74 Å². The average Bonchev–Trinajstić information content (AvgIpc) is 2.50. The van der Waals surface area contributed by atoms with Gasteiger partial charge in [0.15, 0.2) is 11.6 Å². The summed E-state index contributed by atoms with van der Waals surface area (Å²) in [6.07, 6.45) is 0. The zero-order valence-corrected chi connectivity index (χ0v) is 11.6. The van der Waals surface area contributed by atoms with Crippen LogP contribution in [-0.2, 0) is 6.61 Å². The van der Waals surface area contributed by atoms with Crippen molar-refractivity contribution >= 4 is 11.6 Å². The van der Waals surface area contributed by atoms with Crippen LogP contribution in [0, 0.1) is 0 Å². The Morgan fingerprint density at radius 2 is 1.64 bits per heavy atom. The Bertz CT molecular complexity index is 822. The topological polar surface area (TPSA) is 104 Å². The number of ketones is 2. The van der Waals surface area contributed by atoms with Crippen LogP contribution in [0.15, 0.2) is 24.3 Å². The van der Waals surface area contributed by atoms with Crippen LogP contribution < -0.4 is 4.74 Å². The van der Waals surface area contributed by atoms with Gasteiger partial charge in [0.1, 0.15) is 17.2 Å². The molecule has 0 bridgehead atoms. The van der Waals surface area contributed by atoms with Gasteiger partial charge in [0, 0.05) is 28.3 Å². The van der Waals surface area contributed by atoms with Crippen LogP contribution >= 0.6 is 0 Å². The molecule has 0 fully saturated rings. The maximum absolute atomic E-state index is 12.5. The smallest absolute Gasteiger partial charge is 0.198 e. The Morgan fingerprint density at radius 3 is 2.27 bits per heavy atom. The Balaban J connectivity index is 2.31. The van der Waals surface area contributed by atoms with Crippen molar-refractivity contribution in [1.29, 1.82) is 0 Å². The zero-order chi connectivity index (χ0) is 16.0. The fourth-order valence-electron chi connectivity index (χ4n) is 2.62. The van der Waals surface area contributed by atoms with Gasteiger partial charge in [0.05, 0.1) is 19.3 Å². The van der Waals surface area contributed by atoms with Crippen LogP contribution in [0.25, 0.3) is 0 Å². The molecule has 2 aromatic carbocycles. The molecule has 0 unspecified atom stereocenters. The van der Waals surface area contributed by atoms with Gasteiger partial charge in [-0.3, -0.25) is 9.59 Å². The van der Waals surface area contributed by atoms with E-state index in [1.165, 1.54) is 19.2 Å². The van der Waals surface area contributed by atoms with E-state index in [1.807, 2.05) is 0 Å². The lowest BCUT2D eigenvalue weighted by atomic mass is 9.82. The van der Waals surface area contributed by atoms with Crippen molar-refractivity contribution in [2.45, 2.75) is 6.61 Å². The Morgan fingerprint density at radius 1 is 0.955 bits per heavy atom. The third kappa shape index (κ3) is 1.85. The highest BCUT2D eigenvalue weighted by atomic mass is 16.5. The maximum atomic E-state index is 12.5. The molecule has 1 aliphatic rings. The van der Waals surface area contributed by atoms with Crippen LogP contribution in [0.1, 0.15) is 37.4 Å². The van der Waals surface area contributed by atoms with E-state index in [1.54, 1.807) is 0 Å². The number of carbonyl (C=O) groups is 2. The molecule has 0 saturated carbocycles. The number of carbonyl (C=O) groups excluding carboxylic acids is 2. The number of aliphatic hydroxyl groups excluding tert-OH is 1. The number of fused-ring (bicyclic) bond motifs is 2. The summed E-state index contributed by atoms with van der Waals surface area (Å²) in [5, 5.41) is 28.7. The van der Waals surface area contributed by atoms with E-state index in [0.717, 1.165) is 12.1 Å². The number of hydrogen-bond donors (Lipinski definition) is 3. The molecule has 6 nitrogen and oxygen atoms in total. The predicted molar refractivity (Wildman–Crippen MR) is 75.6 cm³/mol. The summed E-state index contributed by atoms with van der Waals surface area (Å²) < 4.78 is 5.10. The fraction of sp³-hybridized carbons (Fsp3) is 0.125. The highest BCUT2D eigenvalue weighted by Crippen LogP contribution is 2.37. The lowest BCUT2D eigenvalue weighted by Gasteiger charge is -2.20. The standard InChI is InChI=1S/C16H12O6/c1-22-13-5-10-9(2-7(13)6-17)15(20)11-3-8(18)4-12(19)14(11)16(10)21/h2-5,17-19H,6H2,1H3. The van der Waals surface area contributed by atoms with E-state index >= 15 is 0 Å². The molecule has 2 aromatic rings. The molecule has 0 amide bonds. The normalized spacial score (nSPS) is 12.8. The molecule has 6 heteroatoms. The fourth-order valence-corrected chi connectivity index (χ4v) is 2.62. The highest BCUT2D eigenvalue weighted by molar-refractivity contribution is 6.29. The molecule has 112 valence electrons. The zero-order valence-electron chi connectivity index (χ0n) is 11.6. The number of benzene rings is 2. The lowest BCUT2D eigenvalue weighted by molar-refractivity contribution is 0.0975. The van der Waals surface area contributed by atoms with Gasteiger partial charge in [0.2, 0.25) is 0 Å². The van der Waals surface area contributed by atoms with Gasteiger partial charge in [-0.25, -0.2) is 0 Å². The number of methoxy groups -OCH3 is 1.